The first-order chi connectivity index (χ1) is 9.97. The zero-order chi connectivity index (χ0) is 14.8. The summed E-state index contributed by atoms with van der Waals surface area (Å²) >= 11 is 0. The van der Waals surface area contributed by atoms with Gasteiger partial charge in [-0.15, -0.1) is 0 Å². The molecule has 4 saturated carbocycles. The fourth-order valence-electron chi connectivity index (χ4n) is 7.13. The molecule has 0 bridgehead atoms. The van der Waals surface area contributed by atoms with Crippen LogP contribution in [0.25, 0.3) is 0 Å². The van der Waals surface area contributed by atoms with E-state index in [0.29, 0.717) is 17.6 Å². The fourth-order valence-corrected chi connectivity index (χ4v) is 7.13. The quantitative estimate of drug-likeness (QED) is 0.733. The molecule has 0 radical (unpaired) electrons. The van der Waals surface area contributed by atoms with E-state index in [2.05, 4.69) is 13.8 Å². The zero-order valence-corrected chi connectivity index (χ0v) is 13.6. The van der Waals surface area contributed by atoms with Crippen molar-refractivity contribution in [1.82, 2.24) is 0 Å². The second kappa shape index (κ2) is 4.57. The van der Waals surface area contributed by atoms with Crippen molar-refractivity contribution in [1.29, 1.82) is 0 Å². The summed E-state index contributed by atoms with van der Waals surface area (Å²) in [6.07, 6.45) is 10.1. The van der Waals surface area contributed by atoms with E-state index in [1.165, 1.54) is 32.1 Å². The Morgan fingerprint density at radius 1 is 0.952 bits per heavy atom. The summed E-state index contributed by atoms with van der Waals surface area (Å²) in [6.45, 7) is 4.77. The van der Waals surface area contributed by atoms with Gasteiger partial charge in [0.15, 0.2) is 0 Å². The van der Waals surface area contributed by atoms with Crippen molar-refractivity contribution in [3.63, 3.8) is 0 Å². The molecule has 4 aliphatic rings. The summed E-state index contributed by atoms with van der Waals surface area (Å²) in [4.78, 5) is 12.4. The lowest BCUT2D eigenvalue weighted by molar-refractivity contribution is -0.150. The highest BCUT2D eigenvalue weighted by molar-refractivity contribution is 5.82. The Morgan fingerprint density at radius 2 is 1.71 bits per heavy atom. The summed E-state index contributed by atoms with van der Waals surface area (Å²) in [5.41, 5.74) is 0.441. The Balaban J connectivity index is 1.66. The van der Waals surface area contributed by atoms with Crippen molar-refractivity contribution in [3.8, 4) is 0 Å². The largest absolute Gasteiger partial charge is 0.393 e. The van der Waals surface area contributed by atoms with E-state index in [1.807, 2.05) is 0 Å². The molecule has 7 atom stereocenters. The van der Waals surface area contributed by atoms with E-state index in [-0.39, 0.29) is 16.9 Å². The van der Waals surface area contributed by atoms with Gasteiger partial charge in [0.25, 0.3) is 0 Å². The number of carbonyl (C=O) groups excluding carboxylic acids is 1. The number of Topliss-reactive ketones (excluding diaryl/α,β-unsaturated/α-hetero) is 1. The molecule has 4 fully saturated rings. The molecule has 2 heteroatoms. The van der Waals surface area contributed by atoms with Gasteiger partial charge in [-0.2, -0.15) is 0 Å². The predicted octanol–water partition coefficient (Wildman–Crippen LogP) is 3.96. The first-order valence-corrected chi connectivity index (χ1v) is 9.17. The molecular formula is C19H30O2. The number of aliphatic hydroxyl groups is 1. The minimum absolute atomic E-state index is 0.0815. The van der Waals surface area contributed by atoms with E-state index >= 15 is 0 Å². The second-order valence-corrected chi connectivity index (χ2v) is 8.97. The van der Waals surface area contributed by atoms with Crippen LogP contribution in [0, 0.1) is 34.5 Å². The van der Waals surface area contributed by atoms with Crippen molar-refractivity contribution in [2.45, 2.75) is 77.7 Å². The van der Waals surface area contributed by atoms with Crippen LogP contribution in [0.4, 0.5) is 0 Å². The minimum Gasteiger partial charge on any atom is -0.393 e. The molecule has 4 aliphatic carbocycles. The van der Waals surface area contributed by atoms with Gasteiger partial charge in [-0.25, -0.2) is 0 Å². The van der Waals surface area contributed by atoms with Crippen molar-refractivity contribution < 1.29 is 9.90 Å². The first kappa shape index (κ1) is 14.2. The first-order valence-electron chi connectivity index (χ1n) is 9.17. The number of fused-ring (bicyclic) bond motifs is 5. The van der Waals surface area contributed by atoms with Gasteiger partial charge in [-0.05, 0) is 80.0 Å². The number of carbonyl (C=O) groups is 1. The Hall–Kier alpha value is -0.370. The average molecular weight is 290 g/mol. The third-order valence-electron chi connectivity index (χ3n) is 8.35. The van der Waals surface area contributed by atoms with E-state index in [0.717, 1.165) is 37.5 Å². The summed E-state index contributed by atoms with van der Waals surface area (Å²) in [6, 6.07) is 0. The molecule has 0 aromatic carbocycles. The molecule has 0 aromatic rings. The number of hydrogen-bond donors (Lipinski definition) is 1. The average Bonchev–Trinajstić information content (AvgIpc) is 2.75. The van der Waals surface area contributed by atoms with E-state index in [1.54, 1.807) is 0 Å². The van der Waals surface area contributed by atoms with Crippen molar-refractivity contribution in [3.05, 3.63) is 0 Å². The monoisotopic (exact) mass is 290 g/mol. The lowest BCUT2D eigenvalue weighted by atomic mass is 9.45. The van der Waals surface area contributed by atoms with Gasteiger partial charge in [0.2, 0.25) is 0 Å². The maximum atomic E-state index is 12.4. The van der Waals surface area contributed by atoms with Gasteiger partial charge >= 0.3 is 0 Å². The molecule has 0 amide bonds. The lowest BCUT2D eigenvalue weighted by Gasteiger charge is -2.59. The van der Waals surface area contributed by atoms with Gasteiger partial charge in [0.1, 0.15) is 5.78 Å². The van der Waals surface area contributed by atoms with Gasteiger partial charge in [-0.3, -0.25) is 4.79 Å². The van der Waals surface area contributed by atoms with Crippen LogP contribution in [-0.4, -0.2) is 17.0 Å². The van der Waals surface area contributed by atoms with Crippen LogP contribution in [0.1, 0.15) is 71.6 Å². The van der Waals surface area contributed by atoms with E-state index in [4.69, 9.17) is 0 Å². The van der Waals surface area contributed by atoms with Crippen molar-refractivity contribution >= 4 is 5.78 Å². The molecular weight excluding hydrogens is 260 g/mol. The summed E-state index contributed by atoms with van der Waals surface area (Å²) in [7, 11) is 0. The predicted molar refractivity (Wildman–Crippen MR) is 82.7 cm³/mol. The van der Waals surface area contributed by atoms with Gasteiger partial charge in [0.05, 0.1) is 6.10 Å². The van der Waals surface area contributed by atoms with Crippen LogP contribution in [0.2, 0.25) is 0 Å². The van der Waals surface area contributed by atoms with Crippen LogP contribution in [0.5, 0.6) is 0 Å². The maximum absolute atomic E-state index is 12.4. The van der Waals surface area contributed by atoms with Gasteiger partial charge < -0.3 is 5.11 Å². The summed E-state index contributed by atoms with van der Waals surface area (Å²) < 4.78 is 0. The number of rotatable bonds is 0. The highest BCUT2D eigenvalue weighted by Gasteiger charge is 2.60. The van der Waals surface area contributed by atoms with Crippen LogP contribution in [0.15, 0.2) is 0 Å². The smallest absolute Gasteiger partial charge is 0.136 e. The number of hydrogen-bond acceptors (Lipinski definition) is 2. The number of ketones is 1. The third-order valence-corrected chi connectivity index (χ3v) is 8.35. The Kier molecular flexibility index (Phi) is 3.10. The van der Waals surface area contributed by atoms with Crippen LogP contribution >= 0.6 is 0 Å². The maximum Gasteiger partial charge on any atom is 0.136 e. The SMILES string of the molecule is C[C@]12CCCC(=O)[C@@H]1CC[C@@H]1[C@@H]2CC[C@]2(C)[C@@H](O)CC[C@@H]12. The molecule has 0 saturated heterocycles. The van der Waals surface area contributed by atoms with E-state index in [9.17, 15) is 9.90 Å². The molecule has 21 heavy (non-hydrogen) atoms. The fraction of sp³-hybridized carbons (Fsp3) is 0.947. The molecule has 4 rings (SSSR count). The second-order valence-electron chi connectivity index (χ2n) is 8.97. The third kappa shape index (κ3) is 1.77. The molecule has 0 spiro atoms. The molecule has 0 aliphatic heterocycles. The zero-order valence-electron chi connectivity index (χ0n) is 13.6. The normalized spacial score (nSPS) is 56.5. The van der Waals surface area contributed by atoms with Crippen molar-refractivity contribution in [2.24, 2.45) is 34.5 Å². The summed E-state index contributed by atoms with van der Waals surface area (Å²) in [5.74, 6) is 3.13. The standard InChI is InChI=1S/C19H30O2/c1-18-10-3-4-16(20)15(18)6-5-12-13-7-8-17(21)19(13,2)11-9-14(12)18/h12-15,17,21H,3-11H2,1-2H3/t12-,13-,14-,15-,17-,18+,19-/m0/s1. The Labute approximate surface area is 128 Å². The Morgan fingerprint density at radius 3 is 2.52 bits per heavy atom. The molecule has 1 N–H and O–H groups in total. The molecule has 0 aromatic heterocycles. The van der Waals surface area contributed by atoms with Crippen LogP contribution in [0.3, 0.4) is 0 Å². The molecule has 118 valence electrons. The van der Waals surface area contributed by atoms with Gasteiger partial charge in [0, 0.05) is 12.3 Å². The topological polar surface area (TPSA) is 37.3 Å². The van der Waals surface area contributed by atoms with Crippen LogP contribution in [-0.2, 0) is 4.79 Å². The highest BCUT2D eigenvalue weighted by Crippen LogP contribution is 2.65. The Bertz CT molecular complexity index is 458. The van der Waals surface area contributed by atoms with Gasteiger partial charge in [-0.1, -0.05) is 13.8 Å². The molecule has 2 nitrogen and oxygen atoms in total. The highest BCUT2D eigenvalue weighted by atomic mass is 16.3. The minimum atomic E-state index is -0.0815. The lowest BCUT2D eigenvalue weighted by Crippen LogP contribution is -2.55. The van der Waals surface area contributed by atoms with Crippen LogP contribution < -0.4 is 0 Å². The summed E-state index contributed by atoms with van der Waals surface area (Å²) in [5, 5.41) is 10.5. The van der Waals surface area contributed by atoms with Crippen molar-refractivity contribution in [2.75, 3.05) is 0 Å². The van der Waals surface area contributed by atoms with E-state index < -0.39 is 0 Å². The molecule has 0 unspecified atom stereocenters. The molecule has 0 heterocycles. The number of aliphatic hydroxyl groups excluding tert-OH is 1.